The first-order chi connectivity index (χ1) is 15.4. The van der Waals surface area contributed by atoms with E-state index in [-0.39, 0.29) is 18.9 Å². The molecule has 0 unspecified atom stereocenters. The SMILES string of the molecule is COC(=O)N=C(SC)C(=NCc1ccc(-c2noc(C)n2)cc1)c1cc(O)cc(CO)c1. The molecule has 0 spiro atoms. The van der Waals surface area contributed by atoms with Gasteiger partial charge in [-0.25, -0.2) is 4.79 Å². The molecule has 1 aromatic heterocycles. The van der Waals surface area contributed by atoms with Gasteiger partial charge in [0.1, 0.15) is 10.8 Å². The Morgan fingerprint density at radius 3 is 2.53 bits per heavy atom. The highest BCUT2D eigenvalue weighted by molar-refractivity contribution is 8.15. The minimum absolute atomic E-state index is 0.0301. The van der Waals surface area contributed by atoms with Crippen LogP contribution < -0.4 is 0 Å². The van der Waals surface area contributed by atoms with Crippen LogP contribution in [0.1, 0.15) is 22.6 Å². The fourth-order valence-electron chi connectivity index (χ4n) is 2.85. The van der Waals surface area contributed by atoms with E-state index in [2.05, 4.69) is 24.9 Å². The summed E-state index contributed by atoms with van der Waals surface area (Å²) in [6.07, 6.45) is 0.999. The zero-order chi connectivity index (χ0) is 23.1. The number of aromatic hydroxyl groups is 1. The minimum atomic E-state index is -0.760. The van der Waals surface area contributed by atoms with Crippen LogP contribution in [0.25, 0.3) is 11.4 Å². The monoisotopic (exact) mass is 454 g/mol. The Hall–Kier alpha value is -3.50. The number of aryl methyl sites for hydroxylation is 1. The van der Waals surface area contributed by atoms with Crippen molar-refractivity contribution in [3.63, 3.8) is 0 Å². The second kappa shape index (κ2) is 10.7. The molecule has 0 aliphatic carbocycles. The summed E-state index contributed by atoms with van der Waals surface area (Å²) in [4.78, 5) is 24.6. The summed E-state index contributed by atoms with van der Waals surface area (Å²) >= 11 is 1.22. The van der Waals surface area contributed by atoms with Crippen LogP contribution in [-0.4, -0.2) is 50.6 Å². The number of aliphatic hydroxyl groups is 1. The van der Waals surface area contributed by atoms with Gasteiger partial charge in [0.2, 0.25) is 11.7 Å². The van der Waals surface area contributed by atoms with Gasteiger partial charge in [0.15, 0.2) is 0 Å². The number of aromatic nitrogens is 2. The minimum Gasteiger partial charge on any atom is -0.508 e. The highest BCUT2D eigenvalue weighted by Crippen LogP contribution is 2.21. The predicted octanol–water partition coefficient (Wildman–Crippen LogP) is 3.76. The van der Waals surface area contributed by atoms with Gasteiger partial charge in [-0.2, -0.15) is 9.98 Å². The van der Waals surface area contributed by atoms with Gasteiger partial charge in [0.25, 0.3) is 0 Å². The summed E-state index contributed by atoms with van der Waals surface area (Å²) in [6, 6.07) is 12.2. The van der Waals surface area contributed by atoms with Crippen LogP contribution in [0.3, 0.4) is 0 Å². The quantitative estimate of drug-likeness (QED) is 0.425. The summed E-state index contributed by atoms with van der Waals surface area (Å²) in [5.74, 6) is 0.961. The first kappa shape index (κ1) is 23.2. The summed E-state index contributed by atoms with van der Waals surface area (Å²) in [6.45, 7) is 1.75. The number of amides is 1. The van der Waals surface area contributed by atoms with Crippen LogP contribution in [0.2, 0.25) is 0 Å². The van der Waals surface area contributed by atoms with E-state index in [4.69, 9.17) is 4.52 Å². The van der Waals surface area contributed by atoms with Gasteiger partial charge in [-0.05, 0) is 35.6 Å². The van der Waals surface area contributed by atoms with Gasteiger partial charge >= 0.3 is 6.09 Å². The lowest BCUT2D eigenvalue weighted by Crippen LogP contribution is -2.15. The van der Waals surface area contributed by atoms with Crippen LogP contribution in [0, 0.1) is 6.92 Å². The van der Waals surface area contributed by atoms with E-state index in [0.717, 1.165) is 11.1 Å². The van der Waals surface area contributed by atoms with E-state index in [0.29, 0.717) is 33.6 Å². The van der Waals surface area contributed by atoms with Crippen molar-refractivity contribution in [1.82, 2.24) is 10.1 Å². The van der Waals surface area contributed by atoms with Crippen molar-refractivity contribution in [3.05, 3.63) is 65.0 Å². The zero-order valence-corrected chi connectivity index (χ0v) is 18.6. The number of methoxy groups -OCH3 is 1. The van der Waals surface area contributed by atoms with Gasteiger partial charge in [-0.15, -0.1) is 11.8 Å². The molecule has 3 rings (SSSR count). The van der Waals surface area contributed by atoms with Crippen molar-refractivity contribution in [1.29, 1.82) is 0 Å². The van der Waals surface area contributed by atoms with Gasteiger partial charge in [0.05, 0.1) is 26.0 Å². The number of carbonyl (C=O) groups is 1. The maximum atomic E-state index is 11.8. The van der Waals surface area contributed by atoms with Crippen LogP contribution >= 0.6 is 11.8 Å². The predicted molar refractivity (Wildman–Crippen MR) is 122 cm³/mol. The summed E-state index contributed by atoms with van der Waals surface area (Å²) in [7, 11) is 1.24. The second-order valence-electron chi connectivity index (χ2n) is 6.64. The van der Waals surface area contributed by atoms with Crippen molar-refractivity contribution < 1.29 is 24.3 Å². The molecule has 0 radical (unpaired) electrons. The third-order valence-electron chi connectivity index (χ3n) is 4.36. The lowest BCUT2D eigenvalue weighted by atomic mass is 10.1. The molecule has 3 aromatic rings. The van der Waals surface area contributed by atoms with E-state index >= 15 is 0 Å². The highest BCUT2D eigenvalue weighted by Gasteiger charge is 2.16. The van der Waals surface area contributed by atoms with Gasteiger partial charge in [0, 0.05) is 18.1 Å². The van der Waals surface area contributed by atoms with Crippen molar-refractivity contribution in [2.24, 2.45) is 9.98 Å². The topological polar surface area (TPSA) is 130 Å². The van der Waals surface area contributed by atoms with Gasteiger partial charge < -0.3 is 19.5 Å². The number of hydrogen-bond acceptors (Lipinski definition) is 9. The summed E-state index contributed by atoms with van der Waals surface area (Å²) in [5.41, 5.74) is 3.13. The molecular weight excluding hydrogens is 432 g/mol. The molecule has 0 bridgehead atoms. The van der Waals surface area contributed by atoms with Crippen molar-refractivity contribution in [3.8, 4) is 17.1 Å². The smallest absolute Gasteiger partial charge is 0.434 e. The molecule has 1 amide bonds. The molecule has 0 saturated heterocycles. The number of carbonyl (C=O) groups excluding carboxylic acids is 1. The van der Waals surface area contributed by atoms with Crippen LogP contribution in [0.15, 0.2) is 57.0 Å². The molecule has 0 saturated carbocycles. The molecule has 0 atom stereocenters. The number of thioether (sulfide) groups is 1. The summed E-state index contributed by atoms with van der Waals surface area (Å²) in [5, 5.41) is 23.8. The van der Waals surface area contributed by atoms with Crippen LogP contribution in [0.5, 0.6) is 5.75 Å². The van der Waals surface area contributed by atoms with E-state index in [1.165, 1.54) is 31.0 Å². The maximum absolute atomic E-state index is 11.8. The number of aliphatic hydroxyl groups excluding tert-OH is 1. The van der Waals surface area contributed by atoms with E-state index < -0.39 is 6.09 Å². The third kappa shape index (κ3) is 5.80. The Morgan fingerprint density at radius 1 is 1.19 bits per heavy atom. The average Bonchev–Trinajstić information content (AvgIpc) is 3.24. The number of hydrogen-bond donors (Lipinski definition) is 2. The molecule has 32 heavy (non-hydrogen) atoms. The fraction of sp³-hybridized carbons (Fsp3) is 0.227. The van der Waals surface area contributed by atoms with E-state index in [9.17, 15) is 15.0 Å². The van der Waals surface area contributed by atoms with Crippen molar-refractivity contribution in [2.45, 2.75) is 20.1 Å². The number of phenolic OH excluding ortho intramolecular Hbond substituents is 1. The molecule has 2 N–H and O–H groups in total. The Kier molecular flexibility index (Phi) is 7.74. The first-order valence-corrected chi connectivity index (χ1v) is 10.7. The molecule has 2 aromatic carbocycles. The van der Waals surface area contributed by atoms with Gasteiger partial charge in [-0.1, -0.05) is 29.4 Å². The van der Waals surface area contributed by atoms with E-state index in [1.807, 2.05) is 24.3 Å². The maximum Gasteiger partial charge on any atom is 0.434 e. The lowest BCUT2D eigenvalue weighted by Gasteiger charge is -2.11. The molecule has 166 valence electrons. The largest absolute Gasteiger partial charge is 0.508 e. The van der Waals surface area contributed by atoms with Crippen LogP contribution in [-0.2, 0) is 17.9 Å². The number of ether oxygens (including phenoxy) is 1. The molecule has 10 heteroatoms. The number of phenols is 1. The normalized spacial score (nSPS) is 12.1. The lowest BCUT2D eigenvalue weighted by molar-refractivity contribution is 0.183. The Bertz CT molecular complexity index is 1160. The third-order valence-corrected chi connectivity index (χ3v) is 5.03. The Labute approximate surface area is 188 Å². The molecule has 1 heterocycles. The number of benzene rings is 2. The van der Waals surface area contributed by atoms with Gasteiger partial charge in [-0.3, -0.25) is 4.99 Å². The molecule has 9 nitrogen and oxygen atoms in total. The zero-order valence-electron chi connectivity index (χ0n) is 17.8. The fourth-order valence-corrected chi connectivity index (χ4v) is 3.40. The summed E-state index contributed by atoms with van der Waals surface area (Å²) < 4.78 is 9.66. The molecule has 0 aliphatic heterocycles. The number of nitrogens with zero attached hydrogens (tertiary/aromatic N) is 4. The Morgan fingerprint density at radius 2 is 1.94 bits per heavy atom. The highest BCUT2D eigenvalue weighted by atomic mass is 32.2. The average molecular weight is 455 g/mol. The standard InChI is InChI=1S/C22H22N4O5S/c1-13-24-20(26-31-13)16-6-4-14(5-7-16)11-23-19(21(32-3)25-22(29)30-2)17-8-15(12-27)9-18(28)10-17/h4-10,27-28H,11-12H2,1-3H3. The van der Waals surface area contributed by atoms with Crippen LogP contribution in [0.4, 0.5) is 4.79 Å². The first-order valence-electron chi connectivity index (χ1n) is 9.52. The van der Waals surface area contributed by atoms with Crippen molar-refractivity contribution in [2.75, 3.05) is 13.4 Å². The Balaban J connectivity index is 1.96. The molecule has 0 fully saturated rings. The van der Waals surface area contributed by atoms with Crippen molar-refractivity contribution >= 4 is 28.6 Å². The number of aliphatic imine (C=N–C) groups is 2. The second-order valence-corrected chi connectivity index (χ2v) is 7.43. The molecular formula is C22H22N4O5S. The van der Waals surface area contributed by atoms with E-state index in [1.54, 1.807) is 19.2 Å². The number of rotatable bonds is 6. The molecule has 0 aliphatic rings.